The van der Waals surface area contributed by atoms with Gasteiger partial charge in [0.1, 0.15) is 18.3 Å². The van der Waals surface area contributed by atoms with E-state index in [9.17, 15) is 25.2 Å². The fourth-order valence-electron chi connectivity index (χ4n) is 2.00. The van der Waals surface area contributed by atoms with Crippen LogP contribution < -0.4 is 5.32 Å². The second kappa shape index (κ2) is 9.56. The van der Waals surface area contributed by atoms with Gasteiger partial charge in [-0.05, 0) is 11.1 Å². The van der Waals surface area contributed by atoms with Gasteiger partial charge in [-0.1, -0.05) is 24.3 Å². The SMILES string of the molecule is O=C(O)Cc1ccc(CNCC(O)C(O)C(O)C(O)CO)cc1. The van der Waals surface area contributed by atoms with Crippen LogP contribution in [0.4, 0.5) is 0 Å². The summed E-state index contributed by atoms with van der Waals surface area (Å²) in [4.78, 5) is 10.6. The van der Waals surface area contributed by atoms with Crippen molar-refractivity contribution in [1.29, 1.82) is 0 Å². The van der Waals surface area contributed by atoms with E-state index in [0.29, 0.717) is 12.1 Å². The average molecular weight is 329 g/mol. The first-order valence-electron chi connectivity index (χ1n) is 7.18. The molecule has 1 aromatic carbocycles. The largest absolute Gasteiger partial charge is 0.481 e. The van der Waals surface area contributed by atoms with Gasteiger partial charge >= 0.3 is 5.97 Å². The lowest BCUT2D eigenvalue weighted by molar-refractivity contribution is -0.136. The maximum Gasteiger partial charge on any atom is 0.307 e. The Morgan fingerprint density at radius 2 is 1.48 bits per heavy atom. The predicted octanol–water partition coefficient (Wildman–Crippen LogP) is -2.16. The number of hydrogen-bond acceptors (Lipinski definition) is 7. The molecule has 0 saturated carbocycles. The second-order valence-electron chi connectivity index (χ2n) is 5.32. The van der Waals surface area contributed by atoms with Crippen LogP contribution in [-0.4, -0.2) is 74.2 Å². The van der Waals surface area contributed by atoms with Crippen molar-refractivity contribution in [3.63, 3.8) is 0 Å². The number of aliphatic hydroxyl groups is 5. The van der Waals surface area contributed by atoms with Gasteiger partial charge in [0.05, 0.1) is 19.1 Å². The molecule has 0 amide bonds. The number of carbonyl (C=O) groups is 1. The molecule has 23 heavy (non-hydrogen) atoms. The smallest absolute Gasteiger partial charge is 0.307 e. The summed E-state index contributed by atoms with van der Waals surface area (Å²) in [5, 5.41) is 58.3. The van der Waals surface area contributed by atoms with Crippen LogP contribution >= 0.6 is 0 Å². The van der Waals surface area contributed by atoms with Gasteiger partial charge in [-0.2, -0.15) is 0 Å². The lowest BCUT2D eigenvalue weighted by Crippen LogP contribution is -2.48. The standard InChI is InChI=1S/C15H23NO7/c17-8-12(19)15(23)14(22)11(18)7-16-6-10-3-1-9(2-4-10)5-13(20)21/h1-4,11-12,14-19,22-23H,5-8H2,(H,20,21). The number of rotatable bonds is 10. The zero-order valence-corrected chi connectivity index (χ0v) is 12.5. The zero-order valence-electron chi connectivity index (χ0n) is 12.5. The molecule has 0 aromatic heterocycles. The van der Waals surface area contributed by atoms with Gasteiger partial charge in [-0.25, -0.2) is 0 Å². The van der Waals surface area contributed by atoms with Crippen LogP contribution in [0.2, 0.25) is 0 Å². The molecule has 0 heterocycles. The third-order valence-electron chi connectivity index (χ3n) is 3.39. The first-order valence-corrected chi connectivity index (χ1v) is 7.18. The topological polar surface area (TPSA) is 150 Å². The van der Waals surface area contributed by atoms with Crippen LogP contribution in [0.3, 0.4) is 0 Å². The Kier molecular flexibility index (Phi) is 8.10. The van der Waals surface area contributed by atoms with E-state index in [0.717, 1.165) is 5.56 Å². The van der Waals surface area contributed by atoms with Crippen molar-refractivity contribution >= 4 is 5.97 Å². The molecule has 0 fully saturated rings. The minimum atomic E-state index is -1.65. The summed E-state index contributed by atoms with van der Waals surface area (Å²) in [5.41, 5.74) is 1.54. The van der Waals surface area contributed by atoms with E-state index in [4.69, 9.17) is 10.2 Å². The van der Waals surface area contributed by atoms with Crippen molar-refractivity contribution in [3.8, 4) is 0 Å². The van der Waals surface area contributed by atoms with Gasteiger partial charge in [0.15, 0.2) is 0 Å². The van der Waals surface area contributed by atoms with E-state index in [1.54, 1.807) is 24.3 Å². The highest BCUT2D eigenvalue weighted by Gasteiger charge is 2.29. The first kappa shape index (κ1) is 19.5. The molecule has 0 saturated heterocycles. The van der Waals surface area contributed by atoms with Crippen LogP contribution in [0.5, 0.6) is 0 Å². The highest BCUT2D eigenvalue weighted by Crippen LogP contribution is 2.07. The number of aliphatic hydroxyl groups excluding tert-OH is 5. The Labute approximate surface area is 133 Å². The van der Waals surface area contributed by atoms with Crippen molar-refractivity contribution in [1.82, 2.24) is 5.32 Å². The molecule has 0 radical (unpaired) electrons. The first-order chi connectivity index (χ1) is 10.8. The summed E-state index contributed by atoms with van der Waals surface area (Å²) < 4.78 is 0. The lowest BCUT2D eigenvalue weighted by atomic mass is 10.0. The van der Waals surface area contributed by atoms with Crippen LogP contribution in [0.15, 0.2) is 24.3 Å². The average Bonchev–Trinajstić information content (AvgIpc) is 2.53. The lowest BCUT2D eigenvalue weighted by Gasteiger charge is -2.25. The second-order valence-corrected chi connectivity index (χ2v) is 5.32. The van der Waals surface area contributed by atoms with Crippen molar-refractivity contribution in [2.24, 2.45) is 0 Å². The number of aliphatic carboxylic acids is 1. The third kappa shape index (κ3) is 6.61. The van der Waals surface area contributed by atoms with E-state index < -0.39 is 37.0 Å². The molecule has 8 heteroatoms. The van der Waals surface area contributed by atoms with Crippen LogP contribution in [0, 0.1) is 0 Å². The monoisotopic (exact) mass is 329 g/mol. The number of carboxylic acid groups (broad SMARTS) is 1. The quantitative estimate of drug-likeness (QED) is 0.256. The summed E-state index contributed by atoms with van der Waals surface area (Å²) in [7, 11) is 0. The van der Waals surface area contributed by atoms with Crippen LogP contribution in [0.1, 0.15) is 11.1 Å². The van der Waals surface area contributed by atoms with Crippen LogP contribution in [0.25, 0.3) is 0 Å². The molecule has 0 spiro atoms. The molecule has 4 atom stereocenters. The fraction of sp³-hybridized carbons (Fsp3) is 0.533. The predicted molar refractivity (Wildman–Crippen MR) is 80.6 cm³/mol. The highest BCUT2D eigenvalue weighted by molar-refractivity contribution is 5.70. The summed E-state index contributed by atoms with van der Waals surface area (Å²) in [5.74, 6) is -0.906. The Balaban J connectivity index is 2.39. The molecular weight excluding hydrogens is 306 g/mol. The molecule has 4 unspecified atom stereocenters. The molecule has 130 valence electrons. The molecule has 0 aliphatic heterocycles. The molecule has 7 N–H and O–H groups in total. The number of hydrogen-bond donors (Lipinski definition) is 7. The van der Waals surface area contributed by atoms with E-state index in [2.05, 4.69) is 5.32 Å². The van der Waals surface area contributed by atoms with Gasteiger partial charge in [-0.15, -0.1) is 0 Å². The maximum absolute atomic E-state index is 10.6. The fourth-order valence-corrected chi connectivity index (χ4v) is 2.00. The van der Waals surface area contributed by atoms with Gasteiger partial charge in [0, 0.05) is 13.1 Å². The molecule has 0 bridgehead atoms. The molecule has 0 aliphatic rings. The molecule has 0 aliphatic carbocycles. The van der Waals surface area contributed by atoms with Crippen molar-refractivity contribution in [2.75, 3.05) is 13.2 Å². The number of benzene rings is 1. The minimum absolute atomic E-state index is 0.0345. The molecule has 1 aromatic rings. The van der Waals surface area contributed by atoms with Gasteiger partial charge in [-0.3, -0.25) is 4.79 Å². The van der Waals surface area contributed by atoms with E-state index in [1.165, 1.54) is 0 Å². The summed E-state index contributed by atoms with van der Waals surface area (Å²) in [6.45, 7) is -0.385. The third-order valence-corrected chi connectivity index (χ3v) is 3.39. The summed E-state index contributed by atoms with van der Waals surface area (Å²) in [6, 6.07) is 6.88. The normalized spacial score (nSPS) is 16.6. The van der Waals surface area contributed by atoms with Gasteiger partial charge in [0.2, 0.25) is 0 Å². The number of carboxylic acids is 1. The summed E-state index contributed by atoms with van der Waals surface area (Å²) >= 11 is 0. The Bertz CT molecular complexity index is 479. The highest BCUT2D eigenvalue weighted by atomic mass is 16.4. The van der Waals surface area contributed by atoms with E-state index >= 15 is 0 Å². The van der Waals surface area contributed by atoms with Crippen LogP contribution in [-0.2, 0) is 17.8 Å². The number of nitrogens with one attached hydrogen (secondary N) is 1. The van der Waals surface area contributed by atoms with E-state index in [-0.39, 0.29) is 13.0 Å². The van der Waals surface area contributed by atoms with Crippen molar-refractivity contribution in [3.05, 3.63) is 35.4 Å². The van der Waals surface area contributed by atoms with Gasteiger partial charge < -0.3 is 36.0 Å². The van der Waals surface area contributed by atoms with Crippen molar-refractivity contribution < 1.29 is 35.4 Å². The summed E-state index contributed by atoms with van der Waals surface area (Å²) in [6.07, 6.45) is -6.14. The van der Waals surface area contributed by atoms with Crippen molar-refractivity contribution in [2.45, 2.75) is 37.4 Å². The Morgan fingerprint density at radius 3 is 2.00 bits per heavy atom. The van der Waals surface area contributed by atoms with Gasteiger partial charge in [0.25, 0.3) is 0 Å². The minimum Gasteiger partial charge on any atom is -0.481 e. The molecular formula is C15H23NO7. The molecule has 1 rings (SSSR count). The maximum atomic E-state index is 10.6. The van der Waals surface area contributed by atoms with E-state index in [1.807, 2.05) is 0 Å². The molecule has 8 nitrogen and oxygen atoms in total. The Hall–Kier alpha value is -1.55. The zero-order chi connectivity index (χ0) is 17.4. The Morgan fingerprint density at radius 1 is 0.957 bits per heavy atom.